The smallest absolute Gasteiger partial charge is 0.321 e. The second-order valence-electron chi connectivity index (χ2n) is 4.99. The lowest BCUT2D eigenvalue weighted by Crippen LogP contribution is -2.38. The summed E-state index contributed by atoms with van der Waals surface area (Å²) in [4.78, 5) is 13.7. The average Bonchev–Trinajstić information content (AvgIpc) is 2.38. The quantitative estimate of drug-likeness (QED) is 0.744. The normalized spacial score (nSPS) is 10.4. The van der Waals surface area contributed by atoms with Gasteiger partial charge in [-0.05, 0) is 38.3 Å². The van der Waals surface area contributed by atoms with E-state index in [0.29, 0.717) is 13.0 Å². The van der Waals surface area contributed by atoms with E-state index >= 15 is 0 Å². The van der Waals surface area contributed by atoms with E-state index < -0.39 is 0 Å². The number of aliphatic hydroxyl groups is 2. The molecular weight excluding hydrogens is 256 g/mol. The Morgan fingerprint density at radius 3 is 2.20 bits per heavy atom. The van der Waals surface area contributed by atoms with E-state index in [0.717, 1.165) is 22.4 Å². The maximum atomic E-state index is 12.2. The van der Waals surface area contributed by atoms with Crippen LogP contribution in [0.2, 0.25) is 0 Å². The van der Waals surface area contributed by atoms with Gasteiger partial charge in [0.1, 0.15) is 0 Å². The number of benzene rings is 1. The van der Waals surface area contributed by atoms with Gasteiger partial charge in [-0.1, -0.05) is 17.7 Å². The van der Waals surface area contributed by atoms with Gasteiger partial charge in [0.15, 0.2) is 0 Å². The van der Waals surface area contributed by atoms with Crippen LogP contribution in [0.25, 0.3) is 0 Å². The summed E-state index contributed by atoms with van der Waals surface area (Å²) in [6.07, 6.45) is 0.499. The zero-order valence-electron chi connectivity index (χ0n) is 12.4. The fraction of sp³-hybridized carbons (Fsp3) is 0.533. The van der Waals surface area contributed by atoms with Crippen molar-refractivity contribution in [1.82, 2.24) is 4.90 Å². The summed E-state index contributed by atoms with van der Waals surface area (Å²) >= 11 is 0. The topological polar surface area (TPSA) is 72.8 Å². The van der Waals surface area contributed by atoms with Gasteiger partial charge in [-0.2, -0.15) is 0 Å². The first kappa shape index (κ1) is 16.5. The van der Waals surface area contributed by atoms with E-state index in [4.69, 9.17) is 10.2 Å². The van der Waals surface area contributed by atoms with Gasteiger partial charge in [0.25, 0.3) is 0 Å². The summed E-state index contributed by atoms with van der Waals surface area (Å²) in [5, 5.41) is 20.8. The predicted octanol–water partition coefficient (Wildman–Crippen LogP) is 1.82. The van der Waals surface area contributed by atoms with Crippen molar-refractivity contribution >= 4 is 11.7 Å². The van der Waals surface area contributed by atoms with Gasteiger partial charge >= 0.3 is 6.03 Å². The monoisotopic (exact) mass is 280 g/mol. The number of carbonyl (C=O) groups is 1. The third-order valence-electron chi connectivity index (χ3n) is 3.15. The fourth-order valence-corrected chi connectivity index (χ4v) is 2.26. The molecule has 3 N–H and O–H groups in total. The Balaban J connectivity index is 2.82. The van der Waals surface area contributed by atoms with Crippen LogP contribution in [-0.2, 0) is 0 Å². The van der Waals surface area contributed by atoms with E-state index in [-0.39, 0.29) is 25.8 Å². The molecule has 0 atom stereocenters. The van der Waals surface area contributed by atoms with Crippen molar-refractivity contribution < 1.29 is 15.0 Å². The lowest BCUT2D eigenvalue weighted by molar-refractivity contribution is 0.180. The molecule has 0 aliphatic carbocycles. The van der Waals surface area contributed by atoms with Crippen molar-refractivity contribution in [2.75, 3.05) is 31.6 Å². The number of nitrogens with zero attached hydrogens (tertiary/aromatic N) is 1. The number of amides is 2. The molecular formula is C15H24N2O3. The van der Waals surface area contributed by atoms with Crippen LogP contribution in [0.15, 0.2) is 12.1 Å². The van der Waals surface area contributed by atoms with Crippen molar-refractivity contribution in [3.05, 3.63) is 28.8 Å². The van der Waals surface area contributed by atoms with Crippen LogP contribution in [0.5, 0.6) is 0 Å². The Bertz CT molecular complexity index is 437. The molecule has 5 nitrogen and oxygen atoms in total. The highest BCUT2D eigenvalue weighted by Gasteiger charge is 2.14. The largest absolute Gasteiger partial charge is 0.396 e. The zero-order chi connectivity index (χ0) is 15.1. The molecule has 1 rings (SSSR count). The summed E-state index contributed by atoms with van der Waals surface area (Å²) in [6, 6.07) is 3.79. The van der Waals surface area contributed by atoms with Crippen molar-refractivity contribution in [2.24, 2.45) is 0 Å². The Kier molecular flexibility index (Phi) is 6.48. The van der Waals surface area contributed by atoms with Gasteiger partial charge in [-0.15, -0.1) is 0 Å². The standard InChI is InChI=1S/C15H24N2O3/c1-11-9-12(2)14(13(3)10-11)16-15(20)17(6-8-19)5-4-7-18/h9-10,18-19H,4-8H2,1-3H3,(H,16,20). The Morgan fingerprint density at radius 1 is 1.10 bits per heavy atom. The Hall–Kier alpha value is -1.59. The van der Waals surface area contributed by atoms with E-state index in [1.165, 1.54) is 4.90 Å². The van der Waals surface area contributed by atoms with Gasteiger partial charge in [0, 0.05) is 25.4 Å². The maximum Gasteiger partial charge on any atom is 0.321 e. The minimum atomic E-state index is -0.248. The number of carbonyl (C=O) groups excluding carboxylic acids is 1. The van der Waals surface area contributed by atoms with Gasteiger partial charge in [0.2, 0.25) is 0 Å². The molecule has 0 heterocycles. The Morgan fingerprint density at radius 2 is 1.70 bits per heavy atom. The van der Waals surface area contributed by atoms with Crippen molar-refractivity contribution in [3.8, 4) is 0 Å². The first-order chi connectivity index (χ1) is 9.49. The molecule has 0 bridgehead atoms. The SMILES string of the molecule is Cc1cc(C)c(NC(=O)N(CCO)CCCO)c(C)c1. The van der Waals surface area contributed by atoms with Gasteiger partial charge in [-0.25, -0.2) is 4.79 Å². The van der Waals surface area contributed by atoms with Crippen LogP contribution in [0.1, 0.15) is 23.1 Å². The van der Waals surface area contributed by atoms with Crippen molar-refractivity contribution in [1.29, 1.82) is 0 Å². The lowest BCUT2D eigenvalue weighted by atomic mass is 10.1. The highest BCUT2D eigenvalue weighted by atomic mass is 16.3. The molecule has 0 fully saturated rings. The van der Waals surface area contributed by atoms with Crippen LogP contribution in [0, 0.1) is 20.8 Å². The number of hydrogen-bond donors (Lipinski definition) is 3. The molecule has 0 aliphatic heterocycles. The molecule has 0 saturated carbocycles. The molecule has 0 spiro atoms. The second kappa shape index (κ2) is 7.87. The second-order valence-corrected chi connectivity index (χ2v) is 4.99. The lowest BCUT2D eigenvalue weighted by Gasteiger charge is -2.23. The summed E-state index contributed by atoms with van der Waals surface area (Å²) in [5.41, 5.74) is 4.00. The minimum Gasteiger partial charge on any atom is -0.396 e. The number of rotatable bonds is 6. The summed E-state index contributed by atoms with van der Waals surface area (Å²) < 4.78 is 0. The van der Waals surface area contributed by atoms with Gasteiger partial charge in [0.05, 0.1) is 6.61 Å². The molecule has 1 aromatic carbocycles. The molecule has 0 aromatic heterocycles. The molecule has 0 saturated heterocycles. The van der Waals surface area contributed by atoms with Crippen LogP contribution < -0.4 is 5.32 Å². The van der Waals surface area contributed by atoms with Crippen molar-refractivity contribution in [2.45, 2.75) is 27.2 Å². The third kappa shape index (κ3) is 4.51. The molecule has 20 heavy (non-hydrogen) atoms. The van der Waals surface area contributed by atoms with E-state index in [1.54, 1.807) is 0 Å². The van der Waals surface area contributed by atoms with E-state index in [9.17, 15) is 4.79 Å². The number of aryl methyl sites for hydroxylation is 3. The van der Waals surface area contributed by atoms with Crippen LogP contribution >= 0.6 is 0 Å². The number of hydrogen-bond acceptors (Lipinski definition) is 3. The first-order valence-electron chi connectivity index (χ1n) is 6.85. The van der Waals surface area contributed by atoms with Crippen LogP contribution in [0.3, 0.4) is 0 Å². The molecule has 1 aromatic rings. The molecule has 112 valence electrons. The number of aliphatic hydroxyl groups excluding tert-OH is 2. The summed E-state index contributed by atoms with van der Waals surface area (Å²) in [7, 11) is 0. The van der Waals surface area contributed by atoms with E-state index in [2.05, 4.69) is 5.32 Å². The molecule has 0 unspecified atom stereocenters. The fourth-order valence-electron chi connectivity index (χ4n) is 2.26. The van der Waals surface area contributed by atoms with E-state index in [1.807, 2.05) is 32.9 Å². The number of nitrogens with one attached hydrogen (secondary N) is 1. The maximum absolute atomic E-state index is 12.2. The van der Waals surface area contributed by atoms with Gasteiger partial charge in [-0.3, -0.25) is 0 Å². The molecule has 5 heteroatoms. The van der Waals surface area contributed by atoms with Crippen LogP contribution in [-0.4, -0.2) is 47.4 Å². The van der Waals surface area contributed by atoms with Crippen molar-refractivity contribution in [3.63, 3.8) is 0 Å². The van der Waals surface area contributed by atoms with Gasteiger partial charge < -0.3 is 20.4 Å². The Labute approximate surface area is 120 Å². The van der Waals surface area contributed by atoms with Crippen LogP contribution in [0.4, 0.5) is 10.5 Å². The number of urea groups is 1. The number of anilines is 1. The predicted molar refractivity (Wildman–Crippen MR) is 80.0 cm³/mol. The highest BCUT2D eigenvalue weighted by molar-refractivity contribution is 5.91. The average molecular weight is 280 g/mol. The minimum absolute atomic E-state index is 0.0256. The third-order valence-corrected chi connectivity index (χ3v) is 3.15. The molecule has 2 amide bonds. The molecule has 0 radical (unpaired) electrons. The zero-order valence-corrected chi connectivity index (χ0v) is 12.4. The first-order valence-corrected chi connectivity index (χ1v) is 6.85. The summed E-state index contributed by atoms with van der Waals surface area (Å²) in [6.45, 7) is 6.55. The summed E-state index contributed by atoms with van der Waals surface area (Å²) in [5.74, 6) is 0. The molecule has 0 aliphatic rings. The highest BCUT2D eigenvalue weighted by Crippen LogP contribution is 2.22.